The number of fused-ring (bicyclic) bond motifs is 1. The van der Waals surface area contributed by atoms with E-state index < -0.39 is 0 Å². The van der Waals surface area contributed by atoms with E-state index in [1.807, 2.05) is 42.5 Å². The lowest BCUT2D eigenvalue weighted by Gasteiger charge is -2.09. The van der Waals surface area contributed by atoms with Crippen molar-refractivity contribution in [2.75, 3.05) is 11.1 Å². The summed E-state index contributed by atoms with van der Waals surface area (Å²) >= 11 is 3.13. The Morgan fingerprint density at radius 2 is 1.89 bits per heavy atom. The monoisotopic (exact) mass is 408 g/mol. The van der Waals surface area contributed by atoms with Crippen LogP contribution in [-0.2, 0) is 11.3 Å². The highest BCUT2D eigenvalue weighted by Gasteiger charge is 2.18. The van der Waals surface area contributed by atoms with E-state index in [1.165, 1.54) is 21.8 Å². The molecule has 0 aliphatic heterocycles. The quantitative estimate of drug-likeness (QED) is 0.422. The number of aromatic nitrogens is 3. The molecule has 1 N–H and O–H groups in total. The topological polar surface area (TPSA) is 59.8 Å². The molecule has 0 atom stereocenters. The highest BCUT2D eigenvalue weighted by atomic mass is 32.2. The molecule has 0 aliphatic rings. The standard InChI is InChI=1S/C21H20N4OS2/c1-2-12-25-20(17-13-27-18-11-7-6-10-16(17)18)23-24-21(25)28-14-19(26)22-15-8-4-3-5-9-15/h3-11,13H,2,12,14H2,1H3,(H,22,26). The molecule has 0 radical (unpaired) electrons. The fourth-order valence-corrected chi connectivity index (χ4v) is 4.72. The van der Waals surface area contributed by atoms with Gasteiger partial charge >= 0.3 is 0 Å². The summed E-state index contributed by atoms with van der Waals surface area (Å²) in [6.45, 7) is 2.95. The van der Waals surface area contributed by atoms with Gasteiger partial charge in [0.05, 0.1) is 5.75 Å². The molecule has 28 heavy (non-hydrogen) atoms. The fraction of sp³-hybridized carbons (Fsp3) is 0.190. The zero-order valence-electron chi connectivity index (χ0n) is 15.5. The van der Waals surface area contributed by atoms with E-state index >= 15 is 0 Å². The van der Waals surface area contributed by atoms with E-state index in [0.29, 0.717) is 5.75 Å². The molecule has 0 spiro atoms. The lowest BCUT2D eigenvalue weighted by atomic mass is 10.1. The maximum Gasteiger partial charge on any atom is 0.234 e. The third-order valence-corrected chi connectivity index (χ3v) is 6.21. The molecule has 0 aliphatic carbocycles. The van der Waals surface area contributed by atoms with E-state index in [0.717, 1.165) is 35.2 Å². The predicted molar refractivity (Wildman–Crippen MR) is 117 cm³/mol. The van der Waals surface area contributed by atoms with E-state index in [-0.39, 0.29) is 5.91 Å². The molecule has 4 rings (SSSR count). The number of nitrogens with one attached hydrogen (secondary N) is 1. The van der Waals surface area contributed by atoms with Gasteiger partial charge in [0.15, 0.2) is 11.0 Å². The van der Waals surface area contributed by atoms with Gasteiger partial charge in [-0.2, -0.15) is 0 Å². The minimum Gasteiger partial charge on any atom is -0.325 e. The van der Waals surface area contributed by atoms with Crippen LogP contribution in [0.3, 0.4) is 0 Å². The molecule has 0 saturated heterocycles. The van der Waals surface area contributed by atoms with Gasteiger partial charge < -0.3 is 9.88 Å². The van der Waals surface area contributed by atoms with Crippen LogP contribution in [0.5, 0.6) is 0 Å². The van der Waals surface area contributed by atoms with Crippen LogP contribution in [0.2, 0.25) is 0 Å². The van der Waals surface area contributed by atoms with E-state index in [9.17, 15) is 4.79 Å². The Balaban J connectivity index is 1.54. The van der Waals surface area contributed by atoms with Crippen LogP contribution in [-0.4, -0.2) is 26.4 Å². The Bertz CT molecular complexity index is 1090. The molecule has 5 nitrogen and oxygen atoms in total. The van der Waals surface area contributed by atoms with Gasteiger partial charge in [-0.05, 0) is 24.6 Å². The van der Waals surface area contributed by atoms with Crippen LogP contribution in [0, 0.1) is 0 Å². The lowest BCUT2D eigenvalue weighted by Crippen LogP contribution is -2.14. The van der Waals surface area contributed by atoms with Gasteiger partial charge in [0.1, 0.15) is 0 Å². The number of thioether (sulfide) groups is 1. The molecule has 0 fully saturated rings. The first-order chi connectivity index (χ1) is 13.8. The second-order valence-corrected chi connectivity index (χ2v) is 8.16. The van der Waals surface area contributed by atoms with Crippen LogP contribution in [0.15, 0.2) is 65.1 Å². The normalized spacial score (nSPS) is 11.0. The number of anilines is 1. The summed E-state index contributed by atoms with van der Waals surface area (Å²) in [6, 6.07) is 17.8. The molecular weight excluding hydrogens is 388 g/mol. The first-order valence-corrected chi connectivity index (χ1v) is 11.0. The Morgan fingerprint density at radius 1 is 1.11 bits per heavy atom. The number of para-hydroxylation sites is 1. The van der Waals surface area contributed by atoms with Crippen LogP contribution in [0.1, 0.15) is 13.3 Å². The zero-order valence-corrected chi connectivity index (χ0v) is 17.1. The van der Waals surface area contributed by atoms with Crippen molar-refractivity contribution in [1.29, 1.82) is 0 Å². The molecule has 2 aromatic carbocycles. The Kier molecular flexibility index (Phi) is 5.73. The number of hydrogen-bond acceptors (Lipinski definition) is 5. The average Bonchev–Trinajstić information content (AvgIpc) is 3.31. The number of hydrogen-bond donors (Lipinski definition) is 1. The summed E-state index contributed by atoms with van der Waals surface area (Å²) < 4.78 is 3.36. The van der Waals surface area contributed by atoms with Crippen molar-refractivity contribution in [1.82, 2.24) is 14.8 Å². The molecule has 7 heteroatoms. The largest absolute Gasteiger partial charge is 0.325 e. The van der Waals surface area contributed by atoms with E-state index in [1.54, 1.807) is 11.3 Å². The van der Waals surface area contributed by atoms with E-state index in [4.69, 9.17) is 0 Å². The summed E-state index contributed by atoms with van der Waals surface area (Å²) in [5.74, 6) is 1.11. The van der Waals surface area contributed by atoms with Gasteiger partial charge in [0.25, 0.3) is 0 Å². The second kappa shape index (κ2) is 8.58. The highest BCUT2D eigenvalue weighted by Crippen LogP contribution is 2.34. The minimum absolute atomic E-state index is 0.0511. The van der Waals surface area contributed by atoms with Crippen molar-refractivity contribution in [2.45, 2.75) is 25.0 Å². The number of thiophene rings is 1. The van der Waals surface area contributed by atoms with Gasteiger partial charge in [-0.15, -0.1) is 21.5 Å². The number of benzene rings is 2. The Labute approximate surface area is 171 Å². The number of carbonyl (C=O) groups excluding carboxylic acids is 1. The van der Waals surface area contributed by atoms with Crippen molar-refractivity contribution < 1.29 is 4.79 Å². The van der Waals surface area contributed by atoms with Crippen LogP contribution < -0.4 is 5.32 Å². The van der Waals surface area contributed by atoms with Crippen molar-refractivity contribution >= 4 is 44.8 Å². The number of amides is 1. The van der Waals surface area contributed by atoms with E-state index in [2.05, 4.69) is 44.5 Å². The first kappa shape index (κ1) is 18.7. The molecule has 2 aromatic heterocycles. The summed E-state index contributed by atoms with van der Waals surface area (Å²) in [6.07, 6.45) is 0.969. The molecule has 0 bridgehead atoms. The molecule has 4 aromatic rings. The van der Waals surface area contributed by atoms with Gasteiger partial charge in [0, 0.05) is 33.3 Å². The summed E-state index contributed by atoms with van der Waals surface area (Å²) in [4.78, 5) is 12.3. The number of carbonyl (C=O) groups is 1. The third kappa shape index (κ3) is 3.95. The second-order valence-electron chi connectivity index (χ2n) is 6.31. The Hall–Kier alpha value is -2.64. The van der Waals surface area contributed by atoms with Crippen molar-refractivity contribution in [3.8, 4) is 11.4 Å². The van der Waals surface area contributed by atoms with Crippen LogP contribution >= 0.6 is 23.1 Å². The molecule has 0 unspecified atom stereocenters. The number of rotatable bonds is 7. The van der Waals surface area contributed by atoms with Crippen molar-refractivity contribution in [2.24, 2.45) is 0 Å². The van der Waals surface area contributed by atoms with Gasteiger partial charge in [0.2, 0.25) is 5.91 Å². The maximum atomic E-state index is 12.3. The molecular formula is C21H20N4OS2. The molecule has 0 saturated carbocycles. The average molecular weight is 409 g/mol. The Morgan fingerprint density at radius 3 is 2.71 bits per heavy atom. The predicted octanol–water partition coefficient (Wildman–Crippen LogP) is 5.30. The minimum atomic E-state index is -0.0511. The van der Waals surface area contributed by atoms with Gasteiger partial charge in [-0.25, -0.2) is 0 Å². The lowest BCUT2D eigenvalue weighted by molar-refractivity contribution is -0.113. The smallest absolute Gasteiger partial charge is 0.234 e. The molecule has 1 amide bonds. The molecule has 2 heterocycles. The maximum absolute atomic E-state index is 12.3. The summed E-state index contributed by atoms with van der Waals surface area (Å²) in [5, 5.41) is 15.8. The van der Waals surface area contributed by atoms with Gasteiger partial charge in [-0.1, -0.05) is 55.1 Å². The highest BCUT2D eigenvalue weighted by molar-refractivity contribution is 7.99. The number of nitrogens with zero attached hydrogens (tertiary/aromatic N) is 3. The third-order valence-electron chi connectivity index (χ3n) is 4.28. The van der Waals surface area contributed by atoms with Crippen molar-refractivity contribution in [3.05, 3.63) is 60.0 Å². The van der Waals surface area contributed by atoms with Crippen LogP contribution in [0.25, 0.3) is 21.5 Å². The zero-order chi connectivity index (χ0) is 19.3. The molecule has 142 valence electrons. The first-order valence-electron chi connectivity index (χ1n) is 9.13. The van der Waals surface area contributed by atoms with Crippen LogP contribution in [0.4, 0.5) is 5.69 Å². The van der Waals surface area contributed by atoms with Gasteiger partial charge in [-0.3, -0.25) is 4.79 Å². The summed E-state index contributed by atoms with van der Waals surface area (Å²) in [5.41, 5.74) is 1.90. The fourth-order valence-electron chi connectivity index (χ4n) is 3.02. The SMILES string of the molecule is CCCn1c(SCC(=O)Nc2ccccc2)nnc1-c1csc2ccccc12. The summed E-state index contributed by atoms with van der Waals surface area (Å²) in [7, 11) is 0. The van der Waals surface area contributed by atoms with Crippen molar-refractivity contribution in [3.63, 3.8) is 0 Å².